The number of esters is 1. The fourth-order valence-corrected chi connectivity index (χ4v) is 2.85. The summed E-state index contributed by atoms with van der Waals surface area (Å²) in [6.07, 6.45) is 2.42. The molecule has 0 bridgehead atoms. The van der Waals surface area contributed by atoms with Gasteiger partial charge in [-0.05, 0) is 31.9 Å². The zero-order valence-corrected chi connectivity index (χ0v) is 15.5. The molecule has 1 fully saturated rings. The minimum Gasteiger partial charge on any atom is -0.469 e. The number of carbonyl (C=O) groups is 2. The number of guanidine groups is 1. The Kier molecular flexibility index (Phi) is 7.92. The largest absolute Gasteiger partial charge is 0.469 e. The van der Waals surface area contributed by atoms with E-state index in [1.807, 2.05) is 37.3 Å². The molecule has 0 radical (unpaired) electrons. The number of rotatable bonds is 8. The summed E-state index contributed by atoms with van der Waals surface area (Å²) in [4.78, 5) is 29.7. The highest BCUT2D eigenvalue weighted by molar-refractivity contribution is 5.97. The topological polar surface area (TPSA) is 83.0 Å². The van der Waals surface area contributed by atoms with Gasteiger partial charge in [0.25, 0.3) is 0 Å². The first-order chi connectivity index (χ1) is 12.6. The van der Waals surface area contributed by atoms with Crippen LogP contribution in [-0.2, 0) is 14.3 Å². The van der Waals surface area contributed by atoms with Gasteiger partial charge in [-0.1, -0.05) is 18.2 Å². The third-order valence-corrected chi connectivity index (χ3v) is 4.16. The van der Waals surface area contributed by atoms with Crippen molar-refractivity contribution < 1.29 is 14.3 Å². The lowest BCUT2D eigenvalue weighted by atomic mass is 10.2. The third-order valence-electron chi connectivity index (χ3n) is 4.16. The van der Waals surface area contributed by atoms with Crippen molar-refractivity contribution in [3.8, 4) is 0 Å². The van der Waals surface area contributed by atoms with Crippen molar-refractivity contribution in [1.29, 1.82) is 0 Å². The van der Waals surface area contributed by atoms with E-state index in [0.717, 1.165) is 25.1 Å². The van der Waals surface area contributed by atoms with Crippen LogP contribution in [0.4, 0.5) is 5.69 Å². The molecule has 0 saturated carbocycles. The molecular formula is C19H28N4O3. The zero-order valence-electron chi connectivity index (χ0n) is 15.5. The second-order valence-electron chi connectivity index (χ2n) is 6.18. The van der Waals surface area contributed by atoms with E-state index in [1.165, 1.54) is 7.11 Å². The van der Waals surface area contributed by atoms with Gasteiger partial charge in [0.15, 0.2) is 5.96 Å². The summed E-state index contributed by atoms with van der Waals surface area (Å²) in [6, 6.07) is 9.72. The summed E-state index contributed by atoms with van der Waals surface area (Å²) >= 11 is 0. The highest BCUT2D eigenvalue weighted by atomic mass is 16.5. The van der Waals surface area contributed by atoms with Crippen LogP contribution in [0.3, 0.4) is 0 Å². The molecule has 1 unspecified atom stereocenters. The van der Waals surface area contributed by atoms with Gasteiger partial charge in [0, 0.05) is 38.2 Å². The number of hydrogen-bond donors (Lipinski definition) is 2. The minimum atomic E-state index is -0.190. The monoisotopic (exact) mass is 360 g/mol. The van der Waals surface area contributed by atoms with Crippen molar-refractivity contribution in [2.75, 3.05) is 31.6 Å². The molecule has 1 amide bonds. The summed E-state index contributed by atoms with van der Waals surface area (Å²) in [7, 11) is 1.40. The lowest BCUT2D eigenvalue weighted by Gasteiger charge is -2.19. The van der Waals surface area contributed by atoms with E-state index in [0.29, 0.717) is 31.9 Å². The standard InChI is InChI=1S/C19H28N4O3/c1-3-20-19(21-12-8-7-11-18(25)26-2)22-15-13-17(24)23(14-15)16-9-5-4-6-10-16/h4-6,9-10,15H,3,7-8,11-14H2,1-2H3,(H2,20,21,22). The van der Waals surface area contributed by atoms with Gasteiger partial charge in [-0.2, -0.15) is 0 Å². The van der Waals surface area contributed by atoms with Gasteiger partial charge in [-0.15, -0.1) is 0 Å². The molecule has 1 aliphatic heterocycles. The maximum absolute atomic E-state index is 12.3. The SMILES string of the molecule is CCNC(=NCCCCC(=O)OC)NC1CC(=O)N(c2ccccc2)C1. The van der Waals surface area contributed by atoms with Crippen LogP contribution < -0.4 is 15.5 Å². The number of anilines is 1. The Morgan fingerprint density at radius 1 is 1.31 bits per heavy atom. The predicted octanol–water partition coefficient (Wildman–Crippen LogP) is 1.69. The molecule has 1 heterocycles. The lowest BCUT2D eigenvalue weighted by Crippen LogP contribution is -2.44. The Morgan fingerprint density at radius 2 is 2.08 bits per heavy atom. The maximum Gasteiger partial charge on any atom is 0.305 e. The van der Waals surface area contributed by atoms with Crippen LogP contribution in [0.15, 0.2) is 35.3 Å². The number of aliphatic imine (C=N–C) groups is 1. The number of amides is 1. The molecule has 0 spiro atoms. The number of para-hydroxylation sites is 1. The second kappa shape index (κ2) is 10.4. The highest BCUT2D eigenvalue weighted by Gasteiger charge is 2.30. The van der Waals surface area contributed by atoms with E-state index in [1.54, 1.807) is 4.90 Å². The summed E-state index contributed by atoms with van der Waals surface area (Å²) in [5.41, 5.74) is 0.923. The van der Waals surface area contributed by atoms with Crippen molar-refractivity contribution in [2.45, 2.75) is 38.6 Å². The number of methoxy groups -OCH3 is 1. The van der Waals surface area contributed by atoms with E-state index in [-0.39, 0.29) is 17.9 Å². The van der Waals surface area contributed by atoms with Gasteiger partial charge in [0.05, 0.1) is 13.2 Å². The molecule has 0 aromatic heterocycles. The third kappa shape index (κ3) is 6.06. The Hall–Kier alpha value is -2.57. The Balaban J connectivity index is 1.84. The van der Waals surface area contributed by atoms with E-state index < -0.39 is 0 Å². The first kappa shape index (κ1) is 19.8. The van der Waals surface area contributed by atoms with Crippen LogP contribution in [0.1, 0.15) is 32.6 Å². The molecule has 7 heteroatoms. The zero-order chi connectivity index (χ0) is 18.8. The molecule has 1 atom stereocenters. The van der Waals surface area contributed by atoms with Crippen LogP contribution in [0.25, 0.3) is 0 Å². The molecule has 26 heavy (non-hydrogen) atoms. The molecule has 1 aromatic carbocycles. The normalized spacial score (nSPS) is 17.3. The number of nitrogens with zero attached hydrogens (tertiary/aromatic N) is 2. The average Bonchev–Trinajstić information content (AvgIpc) is 3.02. The molecule has 1 saturated heterocycles. The number of hydrogen-bond acceptors (Lipinski definition) is 4. The van der Waals surface area contributed by atoms with Gasteiger partial charge < -0.3 is 20.3 Å². The Bertz CT molecular complexity index is 618. The summed E-state index contributed by atoms with van der Waals surface area (Å²) in [5.74, 6) is 0.630. The van der Waals surface area contributed by atoms with Gasteiger partial charge in [0.1, 0.15) is 0 Å². The van der Waals surface area contributed by atoms with Crippen LogP contribution in [0.2, 0.25) is 0 Å². The Morgan fingerprint density at radius 3 is 2.77 bits per heavy atom. The van der Waals surface area contributed by atoms with Crippen molar-refractivity contribution in [2.24, 2.45) is 4.99 Å². The summed E-state index contributed by atoms with van der Waals surface area (Å²) < 4.78 is 4.63. The summed E-state index contributed by atoms with van der Waals surface area (Å²) in [6.45, 7) is 3.99. The van der Waals surface area contributed by atoms with Gasteiger partial charge in [0.2, 0.25) is 5.91 Å². The number of ether oxygens (including phenoxy) is 1. The van der Waals surface area contributed by atoms with E-state index in [9.17, 15) is 9.59 Å². The first-order valence-electron chi connectivity index (χ1n) is 9.11. The number of nitrogens with one attached hydrogen (secondary N) is 2. The van der Waals surface area contributed by atoms with Crippen molar-refractivity contribution in [3.05, 3.63) is 30.3 Å². The van der Waals surface area contributed by atoms with Gasteiger partial charge in [-0.3, -0.25) is 14.6 Å². The molecule has 1 aromatic rings. The number of carbonyl (C=O) groups excluding carboxylic acids is 2. The van der Waals surface area contributed by atoms with E-state index >= 15 is 0 Å². The van der Waals surface area contributed by atoms with Crippen molar-refractivity contribution in [3.63, 3.8) is 0 Å². The summed E-state index contributed by atoms with van der Waals surface area (Å²) in [5, 5.41) is 6.55. The molecule has 7 nitrogen and oxygen atoms in total. The van der Waals surface area contributed by atoms with Crippen LogP contribution in [0.5, 0.6) is 0 Å². The van der Waals surface area contributed by atoms with E-state index in [2.05, 4.69) is 20.4 Å². The molecular weight excluding hydrogens is 332 g/mol. The minimum absolute atomic E-state index is 0.0237. The van der Waals surface area contributed by atoms with Crippen LogP contribution >= 0.6 is 0 Å². The van der Waals surface area contributed by atoms with Crippen molar-refractivity contribution in [1.82, 2.24) is 10.6 Å². The Labute approximate surface area is 154 Å². The quantitative estimate of drug-likeness (QED) is 0.319. The lowest BCUT2D eigenvalue weighted by molar-refractivity contribution is -0.140. The smallest absolute Gasteiger partial charge is 0.305 e. The molecule has 1 aliphatic rings. The second-order valence-corrected chi connectivity index (χ2v) is 6.18. The molecule has 0 aliphatic carbocycles. The molecule has 2 N–H and O–H groups in total. The highest BCUT2D eigenvalue weighted by Crippen LogP contribution is 2.20. The molecule has 2 rings (SSSR count). The van der Waals surface area contributed by atoms with Crippen LogP contribution in [0, 0.1) is 0 Å². The number of unbranched alkanes of at least 4 members (excludes halogenated alkanes) is 1. The van der Waals surface area contributed by atoms with E-state index in [4.69, 9.17) is 0 Å². The predicted molar refractivity (Wildman–Crippen MR) is 102 cm³/mol. The fraction of sp³-hybridized carbons (Fsp3) is 0.526. The maximum atomic E-state index is 12.3. The van der Waals surface area contributed by atoms with Crippen LogP contribution in [-0.4, -0.2) is 50.6 Å². The fourth-order valence-electron chi connectivity index (χ4n) is 2.85. The van der Waals surface area contributed by atoms with Gasteiger partial charge in [-0.25, -0.2) is 0 Å². The van der Waals surface area contributed by atoms with Gasteiger partial charge >= 0.3 is 5.97 Å². The first-order valence-corrected chi connectivity index (χ1v) is 9.11. The molecule has 142 valence electrons. The van der Waals surface area contributed by atoms with Crippen molar-refractivity contribution >= 4 is 23.5 Å². The average molecular weight is 360 g/mol. The number of benzene rings is 1.